The maximum absolute atomic E-state index is 9.70. The standard InChI is InChI=1S/C11H17N3OS/c1-8-4-13-11(14-5-8)16-7-10(15)6-12-9-2-3-9/h4-5,9-10,12,15H,2-3,6-7H2,1H3. The molecule has 0 radical (unpaired) electrons. The molecular weight excluding hydrogens is 222 g/mol. The van der Waals surface area contributed by atoms with E-state index in [-0.39, 0.29) is 6.10 Å². The molecule has 0 aliphatic heterocycles. The van der Waals surface area contributed by atoms with Gasteiger partial charge in [-0.05, 0) is 25.3 Å². The van der Waals surface area contributed by atoms with Gasteiger partial charge in [0.25, 0.3) is 0 Å². The van der Waals surface area contributed by atoms with E-state index >= 15 is 0 Å². The zero-order valence-corrected chi connectivity index (χ0v) is 10.2. The van der Waals surface area contributed by atoms with E-state index < -0.39 is 0 Å². The summed E-state index contributed by atoms with van der Waals surface area (Å²) in [6.07, 6.45) is 5.77. The Labute approximate surface area is 99.9 Å². The summed E-state index contributed by atoms with van der Waals surface area (Å²) in [7, 11) is 0. The topological polar surface area (TPSA) is 58.0 Å². The summed E-state index contributed by atoms with van der Waals surface area (Å²) in [5, 5.41) is 13.7. The normalized spacial score (nSPS) is 17.4. The molecule has 1 unspecified atom stereocenters. The van der Waals surface area contributed by atoms with E-state index in [2.05, 4.69) is 15.3 Å². The molecule has 1 aromatic rings. The molecule has 2 rings (SSSR count). The van der Waals surface area contributed by atoms with Gasteiger partial charge in [0, 0.05) is 30.7 Å². The van der Waals surface area contributed by atoms with Gasteiger partial charge in [-0.3, -0.25) is 0 Å². The van der Waals surface area contributed by atoms with Crippen molar-refractivity contribution in [3.63, 3.8) is 0 Å². The Morgan fingerprint density at radius 2 is 2.19 bits per heavy atom. The Balaban J connectivity index is 1.67. The third-order valence-electron chi connectivity index (χ3n) is 2.38. The summed E-state index contributed by atoms with van der Waals surface area (Å²) in [4.78, 5) is 8.36. The van der Waals surface area contributed by atoms with E-state index in [1.165, 1.54) is 24.6 Å². The molecule has 0 spiro atoms. The smallest absolute Gasteiger partial charge is 0.187 e. The van der Waals surface area contributed by atoms with Crippen molar-refractivity contribution in [3.05, 3.63) is 18.0 Å². The molecule has 88 valence electrons. The molecule has 0 saturated heterocycles. The predicted molar refractivity (Wildman–Crippen MR) is 64.5 cm³/mol. The predicted octanol–water partition coefficient (Wildman–Crippen LogP) is 0.990. The number of hydrogen-bond donors (Lipinski definition) is 2. The molecule has 5 heteroatoms. The molecule has 1 fully saturated rings. The maximum atomic E-state index is 9.70. The number of hydrogen-bond acceptors (Lipinski definition) is 5. The highest BCUT2D eigenvalue weighted by atomic mass is 32.2. The number of nitrogens with one attached hydrogen (secondary N) is 1. The SMILES string of the molecule is Cc1cnc(SCC(O)CNC2CC2)nc1. The van der Waals surface area contributed by atoms with Gasteiger partial charge in [0.15, 0.2) is 5.16 Å². The zero-order valence-electron chi connectivity index (χ0n) is 9.39. The van der Waals surface area contributed by atoms with Crippen LogP contribution in [0.15, 0.2) is 17.6 Å². The molecular formula is C11H17N3OS. The molecule has 1 heterocycles. The van der Waals surface area contributed by atoms with Crippen LogP contribution >= 0.6 is 11.8 Å². The number of thioether (sulfide) groups is 1. The lowest BCUT2D eigenvalue weighted by Crippen LogP contribution is -2.29. The minimum absolute atomic E-state index is 0.324. The molecule has 16 heavy (non-hydrogen) atoms. The van der Waals surface area contributed by atoms with E-state index in [4.69, 9.17) is 0 Å². The number of nitrogens with zero attached hydrogens (tertiary/aromatic N) is 2. The van der Waals surface area contributed by atoms with Crippen molar-refractivity contribution in [1.29, 1.82) is 0 Å². The van der Waals surface area contributed by atoms with Gasteiger partial charge in [0.1, 0.15) is 0 Å². The molecule has 1 saturated carbocycles. The van der Waals surface area contributed by atoms with Gasteiger partial charge in [-0.15, -0.1) is 0 Å². The van der Waals surface area contributed by atoms with Crippen LogP contribution in [0.5, 0.6) is 0 Å². The zero-order chi connectivity index (χ0) is 11.4. The van der Waals surface area contributed by atoms with Gasteiger partial charge in [0.05, 0.1) is 6.10 Å². The Kier molecular flexibility index (Phi) is 4.15. The van der Waals surface area contributed by atoms with Gasteiger partial charge >= 0.3 is 0 Å². The van der Waals surface area contributed by atoms with Crippen LogP contribution in [0.25, 0.3) is 0 Å². The Morgan fingerprint density at radius 3 is 2.81 bits per heavy atom. The van der Waals surface area contributed by atoms with Crippen LogP contribution in [-0.4, -0.2) is 39.5 Å². The van der Waals surface area contributed by atoms with E-state index in [0.29, 0.717) is 18.3 Å². The van der Waals surface area contributed by atoms with Crippen molar-refractivity contribution in [2.75, 3.05) is 12.3 Å². The van der Waals surface area contributed by atoms with Gasteiger partial charge < -0.3 is 10.4 Å². The second-order valence-electron chi connectivity index (χ2n) is 4.19. The second-order valence-corrected chi connectivity index (χ2v) is 5.18. The van der Waals surface area contributed by atoms with Gasteiger partial charge in [0.2, 0.25) is 0 Å². The fraction of sp³-hybridized carbons (Fsp3) is 0.636. The van der Waals surface area contributed by atoms with Crippen molar-refractivity contribution >= 4 is 11.8 Å². The first-order valence-electron chi connectivity index (χ1n) is 5.57. The quantitative estimate of drug-likeness (QED) is 0.573. The molecule has 0 bridgehead atoms. The molecule has 1 aliphatic rings. The molecule has 1 atom stereocenters. The highest BCUT2D eigenvalue weighted by Gasteiger charge is 2.21. The molecule has 0 aromatic carbocycles. The first kappa shape index (κ1) is 11.8. The number of rotatable bonds is 6. The first-order chi connectivity index (χ1) is 7.74. The van der Waals surface area contributed by atoms with Crippen molar-refractivity contribution < 1.29 is 5.11 Å². The number of aryl methyl sites for hydroxylation is 1. The Bertz CT molecular complexity index is 327. The monoisotopic (exact) mass is 239 g/mol. The summed E-state index contributed by atoms with van der Waals surface area (Å²) in [5.74, 6) is 0.642. The van der Waals surface area contributed by atoms with Crippen molar-refractivity contribution in [2.45, 2.75) is 37.1 Å². The van der Waals surface area contributed by atoms with Crippen LogP contribution in [0.1, 0.15) is 18.4 Å². The lowest BCUT2D eigenvalue weighted by atomic mass is 10.4. The van der Waals surface area contributed by atoms with Crippen molar-refractivity contribution in [3.8, 4) is 0 Å². The summed E-state index contributed by atoms with van der Waals surface area (Å²) in [6.45, 7) is 2.63. The minimum atomic E-state index is -0.324. The summed E-state index contributed by atoms with van der Waals surface area (Å²) in [5.41, 5.74) is 1.06. The summed E-state index contributed by atoms with van der Waals surface area (Å²) in [6, 6.07) is 0.648. The average Bonchev–Trinajstić information content (AvgIpc) is 3.09. The van der Waals surface area contributed by atoms with Crippen molar-refractivity contribution in [1.82, 2.24) is 15.3 Å². The Hall–Kier alpha value is -0.650. The molecule has 2 N–H and O–H groups in total. The highest BCUT2D eigenvalue weighted by Crippen LogP contribution is 2.19. The van der Waals surface area contributed by atoms with Crippen molar-refractivity contribution in [2.24, 2.45) is 0 Å². The lowest BCUT2D eigenvalue weighted by molar-refractivity contribution is 0.195. The van der Waals surface area contributed by atoms with E-state index in [9.17, 15) is 5.11 Å². The third-order valence-corrected chi connectivity index (χ3v) is 3.40. The summed E-state index contributed by atoms with van der Waals surface area (Å²) >= 11 is 1.50. The van der Waals surface area contributed by atoms with Crippen LogP contribution in [0.4, 0.5) is 0 Å². The van der Waals surface area contributed by atoms with Gasteiger partial charge in [-0.1, -0.05) is 11.8 Å². The highest BCUT2D eigenvalue weighted by molar-refractivity contribution is 7.99. The van der Waals surface area contributed by atoms with Crippen LogP contribution in [-0.2, 0) is 0 Å². The molecule has 1 aromatic heterocycles. The van der Waals surface area contributed by atoms with E-state index in [1.807, 2.05) is 6.92 Å². The average molecular weight is 239 g/mol. The van der Waals surface area contributed by atoms with Crippen LogP contribution < -0.4 is 5.32 Å². The van der Waals surface area contributed by atoms with Crippen LogP contribution in [0.3, 0.4) is 0 Å². The minimum Gasteiger partial charge on any atom is -0.391 e. The third kappa shape index (κ3) is 4.08. The van der Waals surface area contributed by atoms with Crippen LogP contribution in [0, 0.1) is 6.92 Å². The van der Waals surface area contributed by atoms with E-state index in [0.717, 1.165) is 10.7 Å². The molecule has 0 amide bonds. The number of aromatic nitrogens is 2. The van der Waals surface area contributed by atoms with E-state index in [1.54, 1.807) is 12.4 Å². The second kappa shape index (κ2) is 5.61. The fourth-order valence-electron chi connectivity index (χ4n) is 1.28. The first-order valence-corrected chi connectivity index (χ1v) is 6.55. The van der Waals surface area contributed by atoms with Crippen LogP contribution in [0.2, 0.25) is 0 Å². The number of aliphatic hydroxyl groups is 1. The largest absolute Gasteiger partial charge is 0.391 e. The summed E-state index contributed by atoms with van der Waals surface area (Å²) < 4.78 is 0. The fourth-order valence-corrected chi connectivity index (χ4v) is 1.99. The number of aliphatic hydroxyl groups excluding tert-OH is 1. The van der Waals surface area contributed by atoms with Gasteiger partial charge in [-0.25, -0.2) is 9.97 Å². The maximum Gasteiger partial charge on any atom is 0.187 e. The lowest BCUT2D eigenvalue weighted by Gasteiger charge is -2.10. The Morgan fingerprint density at radius 1 is 1.50 bits per heavy atom. The molecule has 4 nitrogen and oxygen atoms in total. The van der Waals surface area contributed by atoms with Gasteiger partial charge in [-0.2, -0.15) is 0 Å². The molecule has 1 aliphatic carbocycles.